The zero-order valence-corrected chi connectivity index (χ0v) is 8.17. The molecule has 0 saturated heterocycles. The topological polar surface area (TPSA) is 77.0 Å². The van der Waals surface area contributed by atoms with Gasteiger partial charge in [0.05, 0.1) is 18.4 Å². The van der Waals surface area contributed by atoms with Crippen molar-refractivity contribution in [3.63, 3.8) is 0 Å². The van der Waals surface area contributed by atoms with Gasteiger partial charge >= 0.3 is 0 Å². The molecule has 1 aromatic carbocycles. The smallest absolute Gasteiger partial charge is 0.115 e. The SMILES string of the molecule is NCc1cn(Cc2ccc(O)cc2)nn1. The van der Waals surface area contributed by atoms with Gasteiger partial charge in [0.2, 0.25) is 0 Å². The van der Waals surface area contributed by atoms with Crippen molar-refractivity contribution in [3.05, 3.63) is 41.7 Å². The van der Waals surface area contributed by atoms with Crippen molar-refractivity contribution in [2.45, 2.75) is 13.1 Å². The van der Waals surface area contributed by atoms with Crippen LogP contribution in [-0.4, -0.2) is 20.1 Å². The van der Waals surface area contributed by atoms with Crippen LogP contribution in [0.1, 0.15) is 11.3 Å². The van der Waals surface area contributed by atoms with Gasteiger partial charge < -0.3 is 10.8 Å². The number of nitrogens with two attached hydrogens (primary N) is 1. The molecule has 5 nitrogen and oxygen atoms in total. The molecule has 0 fully saturated rings. The normalized spacial score (nSPS) is 10.5. The molecule has 1 heterocycles. The van der Waals surface area contributed by atoms with E-state index in [0.717, 1.165) is 11.3 Å². The molecule has 15 heavy (non-hydrogen) atoms. The number of aromatic hydroxyl groups is 1. The summed E-state index contributed by atoms with van der Waals surface area (Å²) in [5.41, 5.74) is 7.26. The number of phenolic OH excluding ortho intramolecular Hbond substituents is 1. The van der Waals surface area contributed by atoms with E-state index >= 15 is 0 Å². The molecule has 2 aromatic rings. The van der Waals surface area contributed by atoms with Crippen LogP contribution in [0.4, 0.5) is 0 Å². The molecule has 0 radical (unpaired) electrons. The molecule has 1 aromatic heterocycles. The summed E-state index contributed by atoms with van der Waals surface area (Å²) in [6, 6.07) is 6.99. The number of aromatic nitrogens is 3. The van der Waals surface area contributed by atoms with Crippen molar-refractivity contribution in [2.75, 3.05) is 0 Å². The van der Waals surface area contributed by atoms with E-state index < -0.39 is 0 Å². The van der Waals surface area contributed by atoms with Crippen LogP contribution in [0.3, 0.4) is 0 Å². The number of benzene rings is 1. The predicted octanol–water partition coefficient (Wildman–Crippen LogP) is 0.491. The molecule has 0 spiro atoms. The van der Waals surface area contributed by atoms with E-state index in [4.69, 9.17) is 10.8 Å². The minimum Gasteiger partial charge on any atom is -0.508 e. The third-order valence-corrected chi connectivity index (χ3v) is 2.08. The van der Waals surface area contributed by atoms with Crippen molar-refractivity contribution in [3.8, 4) is 5.75 Å². The fourth-order valence-electron chi connectivity index (χ4n) is 1.30. The Morgan fingerprint density at radius 2 is 2.00 bits per heavy atom. The van der Waals surface area contributed by atoms with E-state index in [1.165, 1.54) is 0 Å². The maximum absolute atomic E-state index is 9.11. The maximum atomic E-state index is 9.11. The summed E-state index contributed by atoms with van der Waals surface area (Å²) in [5.74, 6) is 0.264. The van der Waals surface area contributed by atoms with Crippen LogP contribution >= 0.6 is 0 Å². The Morgan fingerprint density at radius 3 is 2.60 bits per heavy atom. The van der Waals surface area contributed by atoms with Crippen molar-refractivity contribution in [1.82, 2.24) is 15.0 Å². The molecule has 78 valence electrons. The summed E-state index contributed by atoms with van der Waals surface area (Å²) >= 11 is 0. The lowest BCUT2D eigenvalue weighted by atomic mass is 10.2. The van der Waals surface area contributed by atoms with Crippen LogP contribution in [0.15, 0.2) is 30.5 Å². The first kappa shape index (κ1) is 9.67. The minimum absolute atomic E-state index is 0.264. The van der Waals surface area contributed by atoms with Crippen LogP contribution in [-0.2, 0) is 13.1 Å². The van der Waals surface area contributed by atoms with Crippen LogP contribution in [0, 0.1) is 0 Å². The third kappa shape index (κ3) is 2.32. The fourth-order valence-corrected chi connectivity index (χ4v) is 1.30. The number of phenols is 1. The predicted molar refractivity (Wildman–Crippen MR) is 55.1 cm³/mol. The summed E-state index contributed by atoms with van der Waals surface area (Å²) < 4.78 is 1.72. The quantitative estimate of drug-likeness (QED) is 0.762. The van der Waals surface area contributed by atoms with E-state index in [1.54, 1.807) is 16.8 Å². The lowest BCUT2D eigenvalue weighted by Gasteiger charge is -2.00. The van der Waals surface area contributed by atoms with Gasteiger partial charge in [0.1, 0.15) is 5.75 Å². The first-order valence-corrected chi connectivity index (χ1v) is 4.65. The largest absolute Gasteiger partial charge is 0.508 e. The minimum atomic E-state index is 0.264. The molecule has 5 heteroatoms. The standard InChI is InChI=1S/C10H12N4O/c11-5-9-7-14(13-12-9)6-8-1-3-10(15)4-2-8/h1-4,7,15H,5-6,11H2. The first-order chi connectivity index (χ1) is 7.28. The summed E-state index contributed by atoms with van der Waals surface area (Å²) in [6.45, 7) is 1.03. The lowest BCUT2D eigenvalue weighted by molar-refractivity contribution is 0.475. The highest BCUT2D eigenvalue weighted by Crippen LogP contribution is 2.10. The molecule has 0 atom stereocenters. The Morgan fingerprint density at radius 1 is 1.27 bits per heavy atom. The van der Waals surface area contributed by atoms with Crippen molar-refractivity contribution >= 4 is 0 Å². The van der Waals surface area contributed by atoms with Crippen molar-refractivity contribution < 1.29 is 5.11 Å². The van der Waals surface area contributed by atoms with Gasteiger partial charge in [0.15, 0.2) is 0 Å². The summed E-state index contributed by atoms with van der Waals surface area (Å²) in [4.78, 5) is 0. The monoisotopic (exact) mass is 204 g/mol. The first-order valence-electron chi connectivity index (χ1n) is 4.65. The molecule has 0 bridgehead atoms. The molecule has 0 saturated carbocycles. The highest BCUT2D eigenvalue weighted by Gasteiger charge is 1.99. The average molecular weight is 204 g/mol. The van der Waals surface area contributed by atoms with Gasteiger partial charge in [-0.1, -0.05) is 17.3 Å². The fraction of sp³-hybridized carbons (Fsp3) is 0.200. The Kier molecular flexibility index (Phi) is 2.64. The zero-order valence-electron chi connectivity index (χ0n) is 8.17. The van der Waals surface area contributed by atoms with Crippen LogP contribution in [0.5, 0.6) is 5.75 Å². The van der Waals surface area contributed by atoms with E-state index in [2.05, 4.69) is 10.3 Å². The maximum Gasteiger partial charge on any atom is 0.115 e. The Labute approximate surface area is 87.1 Å². The molecule has 0 aliphatic carbocycles. The molecule has 3 N–H and O–H groups in total. The van der Waals surface area contributed by atoms with Gasteiger partial charge in [-0.15, -0.1) is 5.10 Å². The van der Waals surface area contributed by atoms with Gasteiger partial charge in [-0.05, 0) is 17.7 Å². The second-order valence-corrected chi connectivity index (χ2v) is 3.28. The van der Waals surface area contributed by atoms with E-state index in [0.29, 0.717) is 13.1 Å². The summed E-state index contributed by atoms with van der Waals surface area (Å²) in [7, 11) is 0. The van der Waals surface area contributed by atoms with Crippen LogP contribution in [0.2, 0.25) is 0 Å². The molecule has 2 rings (SSSR count). The van der Waals surface area contributed by atoms with Gasteiger partial charge in [-0.2, -0.15) is 0 Å². The lowest BCUT2D eigenvalue weighted by Crippen LogP contribution is -2.00. The molecule has 0 aliphatic rings. The third-order valence-electron chi connectivity index (χ3n) is 2.08. The van der Waals surface area contributed by atoms with Gasteiger partial charge in [-0.3, -0.25) is 0 Å². The highest BCUT2D eigenvalue weighted by atomic mass is 16.3. The Hall–Kier alpha value is -1.88. The molecule has 0 unspecified atom stereocenters. The second-order valence-electron chi connectivity index (χ2n) is 3.28. The Bertz CT molecular complexity index is 435. The number of hydrogen-bond donors (Lipinski definition) is 2. The molecule has 0 aliphatic heterocycles. The number of rotatable bonds is 3. The second kappa shape index (κ2) is 4.10. The number of nitrogens with zero attached hydrogens (tertiary/aromatic N) is 3. The van der Waals surface area contributed by atoms with Gasteiger partial charge in [0, 0.05) is 6.54 Å². The van der Waals surface area contributed by atoms with Gasteiger partial charge in [-0.25, -0.2) is 4.68 Å². The van der Waals surface area contributed by atoms with Crippen molar-refractivity contribution in [1.29, 1.82) is 0 Å². The molecule has 0 amide bonds. The van der Waals surface area contributed by atoms with Gasteiger partial charge in [0.25, 0.3) is 0 Å². The summed E-state index contributed by atoms with van der Waals surface area (Å²) in [5, 5.41) is 16.9. The average Bonchev–Trinajstić information content (AvgIpc) is 2.69. The highest BCUT2D eigenvalue weighted by molar-refractivity contribution is 5.25. The van der Waals surface area contributed by atoms with E-state index in [-0.39, 0.29) is 5.75 Å². The zero-order chi connectivity index (χ0) is 10.7. The van der Waals surface area contributed by atoms with E-state index in [1.807, 2.05) is 18.3 Å². The van der Waals surface area contributed by atoms with Crippen molar-refractivity contribution in [2.24, 2.45) is 5.73 Å². The Balaban J connectivity index is 2.11. The summed E-state index contributed by atoms with van der Waals surface area (Å²) in [6.07, 6.45) is 1.81. The molecular weight excluding hydrogens is 192 g/mol. The number of hydrogen-bond acceptors (Lipinski definition) is 4. The molecular formula is C10H12N4O. The van der Waals surface area contributed by atoms with Crippen LogP contribution < -0.4 is 5.73 Å². The van der Waals surface area contributed by atoms with E-state index in [9.17, 15) is 0 Å². The van der Waals surface area contributed by atoms with Crippen LogP contribution in [0.25, 0.3) is 0 Å².